The van der Waals surface area contributed by atoms with E-state index in [0.717, 1.165) is 28.4 Å². The van der Waals surface area contributed by atoms with E-state index in [1.165, 1.54) is 10.4 Å². The molecule has 0 bridgehead atoms. The van der Waals surface area contributed by atoms with Gasteiger partial charge in [-0.1, -0.05) is 0 Å². The Bertz CT molecular complexity index is 536. The molecule has 5 heteroatoms. The molecule has 0 aliphatic heterocycles. The summed E-state index contributed by atoms with van der Waals surface area (Å²) < 4.78 is 5.04. The predicted molar refractivity (Wildman–Crippen MR) is 72.0 cm³/mol. The van der Waals surface area contributed by atoms with Gasteiger partial charge >= 0.3 is 0 Å². The van der Waals surface area contributed by atoms with Crippen LogP contribution in [0.5, 0.6) is 0 Å². The van der Waals surface area contributed by atoms with Crippen molar-refractivity contribution >= 4 is 27.4 Å². The molecule has 4 nitrogen and oxygen atoms in total. The van der Waals surface area contributed by atoms with Crippen LogP contribution in [0.4, 0.5) is 5.82 Å². The molecule has 2 aromatic rings. The van der Waals surface area contributed by atoms with Crippen molar-refractivity contribution in [3.63, 3.8) is 0 Å². The maximum absolute atomic E-state index is 5.04. The highest BCUT2D eigenvalue weighted by Gasteiger charge is 2.12. The number of methoxy groups -OCH3 is 1. The number of ether oxygens (including phenoxy) is 1. The first kappa shape index (κ1) is 12.3. The largest absolute Gasteiger partial charge is 0.383 e. The SMILES string of the molecule is COCCNc1nc(C)nc2sc(C)c(C)c12. The third-order valence-corrected chi connectivity index (χ3v) is 3.84. The number of aryl methyl sites for hydroxylation is 3. The van der Waals surface area contributed by atoms with Crippen LogP contribution in [0.3, 0.4) is 0 Å². The molecule has 2 rings (SSSR count). The van der Waals surface area contributed by atoms with Gasteiger partial charge in [-0.2, -0.15) is 0 Å². The lowest BCUT2D eigenvalue weighted by Gasteiger charge is -2.07. The summed E-state index contributed by atoms with van der Waals surface area (Å²) in [6.45, 7) is 7.60. The molecule has 0 aliphatic rings. The predicted octanol–water partition coefficient (Wildman–Crippen LogP) is 2.67. The Morgan fingerprint density at radius 1 is 1.24 bits per heavy atom. The summed E-state index contributed by atoms with van der Waals surface area (Å²) in [5.41, 5.74) is 1.27. The number of fused-ring (bicyclic) bond motifs is 1. The lowest BCUT2D eigenvalue weighted by atomic mass is 10.2. The number of aromatic nitrogens is 2. The second-order valence-corrected chi connectivity index (χ2v) is 5.21. The van der Waals surface area contributed by atoms with Gasteiger partial charge in [-0.15, -0.1) is 11.3 Å². The standard InChI is InChI=1S/C12H17N3OS/c1-7-8(2)17-12-10(7)11(13-5-6-16-4)14-9(3)15-12/h5-6H2,1-4H3,(H,13,14,15). The van der Waals surface area contributed by atoms with Gasteiger partial charge in [-0.25, -0.2) is 9.97 Å². The molecular weight excluding hydrogens is 234 g/mol. The highest BCUT2D eigenvalue weighted by atomic mass is 32.1. The second kappa shape index (κ2) is 4.98. The van der Waals surface area contributed by atoms with Crippen LogP contribution in [-0.2, 0) is 4.74 Å². The minimum atomic E-state index is 0.673. The molecule has 0 saturated heterocycles. The number of anilines is 1. The molecule has 0 spiro atoms. The zero-order chi connectivity index (χ0) is 12.4. The Labute approximate surface area is 105 Å². The van der Waals surface area contributed by atoms with Gasteiger partial charge in [0.1, 0.15) is 16.5 Å². The van der Waals surface area contributed by atoms with Gasteiger partial charge in [0, 0.05) is 18.5 Å². The summed E-state index contributed by atoms with van der Waals surface area (Å²) in [7, 11) is 1.70. The molecule has 0 atom stereocenters. The van der Waals surface area contributed by atoms with E-state index in [-0.39, 0.29) is 0 Å². The smallest absolute Gasteiger partial charge is 0.138 e. The lowest BCUT2D eigenvalue weighted by molar-refractivity contribution is 0.210. The van der Waals surface area contributed by atoms with Crippen molar-refractivity contribution in [2.75, 3.05) is 25.6 Å². The summed E-state index contributed by atoms with van der Waals surface area (Å²) in [4.78, 5) is 11.3. The van der Waals surface area contributed by atoms with E-state index in [2.05, 4.69) is 29.1 Å². The Morgan fingerprint density at radius 3 is 2.71 bits per heavy atom. The molecule has 0 amide bonds. The van der Waals surface area contributed by atoms with Crippen molar-refractivity contribution in [1.82, 2.24) is 9.97 Å². The van der Waals surface area contributed by atoms with Crippen molar-refractivity contribution in [2.24, 2.45) is 0 Å². The van der Waals surface area contributed by atoms with E-state index < -0.39 is 0 Å². The molecule has 0 fully saturated rings. The van der Waals surface area contributed by atoms with Crippen molar-refractivity contribution in [3.8, 4) is 0 Å². The fraction of sp³-hybridized carbons (Fsp3) is 0.500. The Morgan fingerprint density at radius 2 is 2.00 bits per heavy atom. The summed E-state index contributed by atoms with van der Waals surface area (Å²) in [6, 6.07) is 0. The third kappa shape index (κ3) is 2.40. The Balaban J connectivity index is 2.44. The minimum absolute atomic E-state index is 0.673. The van der Waals surface area contributed by atoms with Crippen LogP contribution >= 0.6 is 11.3 Å². The van der Waals surface area contributed by atoms with Crippen LogP contribution < -0.4 is 5.32 Å². The fourth-order valence-corrected chi connectivity index (χ4v) is 2.83. The Hall–Kier alpha value is -1.20. The van der Waals surface area contributed by atoms with E-state index in [9.17, 15) is 0 Å². The van der Waals surface area contributed by atoms with Crippen molar-refractivity contribution in [2.45, 2.75) is 20.8 Å². The van der Waals surface area contributed by atoms with Crippen molar-refractivity contribution < 1.29 is 4.74 Å². The van der Waals surface area contributed by atoms with Gasteiger partial charge in [0.15, 0.2) is 0 Å². The normalized spacial score (nSPS) is 11.1. The quantitative estimate of drug-likeness (QED) is 0.849. The van der Waals surface area contributed by atoms with Crippen molar-refractivity contribution in [3.05, 3.63) is 16.3 Å². The van der Waals surface area contributed by atoms with Crippen LogP contribution in [0.15, 0.2) is 0 Å². The number of nitrogens with zero attached hydrogens (tertiary/aromatic N) is 2. The number of rotatable bonds is 4. The number of hydrogen-bond acceptors (Lipinski definition) is 5. The molecule has 2 aromatic heterocycles. The van der Waals surface area contributed by atoms with Crippen LogP contribution in [0.1, 0.15) is 16.3 Å². The van der Waals surface area contributed by atoms with E-state index >= 15 is 0 Å². The first-order valence-electron chi connectivity index (χ1n) is 5.60. The zero-order valence-electron chi connectivity index (χ0n) is 10.6. The highest BCUT2D eigenvalue weighted by Crippen LogP contribution is 2.32. The average molecular weight is 251 g/mol. The van der Waals surface area contributed by atoms with Gasteiger partial charge in [-0.3, -0.25) is 0 Å². The first-order chi connectivity index (χ1) is 8.13. The zero-order valence-corrected chi connectivity index (χ0v) is 11.4. The van der Waals surface area contributed by atoms with Gasteiger partial charge in [0.25, 0.3) is 0 Å². The van der Waals surface area contributed by atoms with E-state index in [1.807, 2.05) is 6.92 Å². The van der Waals surface area contributed by atoms with E-state index in [1.54, 1.807) is 18.4 Å². The topological polar surface area (TPSA) is 47.0 Å². The summed E-state index contributed by atoms with van der Waals surface area (Å²) in [6.07, 6.45) is 0. The fourth-order valence-electron chi connectivity index (χ4n) is 1.76. The van der Waals surface area contributed by atoms with E-state index in [4.69, 9.17) is 4.74 Å². The molecule has 0 radical (unpaired) electrons. The molecular formula is C12H17N3OS. The molecule has 0 aliphatic carbocycles. The van der Waals surface area contributed by atoms with Gasteiger partial charge in [0.2, 0.25) is 0 Å². The highest BCUT2D eigenvalue weighted by molar-refractivity contribution is 7.18. The molecule has 1 N–H and O–H groups in total. The molecule has 0 aromatic carbocycles. The Kier molecular flexibility index (Phi) is 3.59. The van der Waals surface area contributed by atoms with Gasteiger partial charge < -0.3 is 10.1 Å². The number of thiophene rings is 1. The molecule has 0 unspecified atom stereocenters. The minimum Gasteiger partial charge on any atom is -0.383 e. The van der Waals surface area contributed by atoms with Gasteiger partial charge in [-0.05, 0) is 26.3 Å². The third-order valence-electron chi connectivity index (χ3n) is 2.74. The van der Waals surface area contributed by atoms with E-state index in [0.29, 0.717) is 6.61 Å². The summed E-state index contributed by atoms with van der Waals surface area (Å²) >= 11 is 1.72. The average Bonchev–Trinajstić information content (AvgIpc) is 2.54. The number of nitrogens with one attached hydrogen (secondary N) is 1. The summed E-state index contributed by atoms with van der Waals surface area (Å²) in [5, 5.41) is 4.46. The number of hydrogen-bond donors (Lipinski definition) is 1. The molecule has 2 heterocycles. The maximum atomic E-state index is 5.04. The van der Waals surface area contributed by atoms with Crippen LogP contribution in [-0.4, -0.2) is 30.2 Å². The summed E-state index contributed by atoms with van der Waals surface area (Å²) in [5.74, 6) is 1.73. The van der Waals surface area contributed by atoms with Gasteiger partial charge in [0.05, 0.1) is 12.0 Å². The van der Waals surface area contributed by atoms with Crippen LogP contribution in [0.25, 0.3) is 10.2 Å². The van der Waals surface area contributed by atoms with Crippen LogP contribution in [0.2, 0.25) is 0 Å². The first-order valence-corrected chi connectivity index (χ1v) is 6.42. The molecule has 17 heavy (non-hydrogen) atoms. The maximum Gasteiger partial charge on any atom is 0.138 e. The molecule has 92 valence electrons. The van der Waals surface area contributed by atoms with Crippen LogP contribution in [0, 0.1) is 20.8 Å². The lowest BCUT2D eigenvalue weighted by Crippen LogP contribution is -2.10. The van der Waals surface area contributed by atoms with Crippen molar-refractivity contribution in [1.29, 1.82) is 0 Å². The monoisotopic (exact) mass is 251 g/mol. The second-order valence-electron chi connectivity index (χ2n) is 4.00. The molecule has 0 saturated carbocycles.